The molecule has 4 heteroatoms. The highest BCUT2D eigenvalue weighted by Gasteiger charge is 2.00. The lowest BCUT2D eigenvalue weighted by Crippen LogP contribution is -2.11. The predicted octanol–water partition coefficient (Wildman–Crippen LogP) is 2.03. The summed E-state index contributed by atoms with van der Waals surface area (Å²) in [5.74, 6) is 0. The van der Waals surface area contributed by atoms with Gasteiger partial charge in [-0.15, -0.1) is 0 Å². The summed E-state index contributed by atoms with van der Waals surface area (Å²) in [7, 11) is 4.81. The van der Waals surface area contributed by atoms with Crippen molar-refractivity contribution >= 4 is 0 Å². The van der Waals surface area contributed by atoms with Crippen molar-refractivity contribution in [2.24, 2.45) is 0 Å². The number of hydrogen-bond donors (Lipinski definition) is 0. The van der Waals surface area contributed by atoms with Crippen molar-refractivity contribution in [3.05, 3.63) is 0 Å². The molecule has 0 spiro atoms. The first-order valence-corrected chi connectivity index (χ1v) is 4.85. The van der Waals surface area contributed by atoms with Crippen molar-refractivity contribution in [2.75, 3.05) is 34.9 Å². The Labute approximate surface area is 87.5 Å². The highest BCUT2D eigenvalue weighted by Crippen LogP contribution is 2.01. The largest absolute Gasteiger partial charge is 0.359 e. The van der Waals surface area contributed by atoms with E-state index in [4.69, 9.17) is 9.47 Å². The summed E-state index contributed by atoms with van der Waals surface area (Å²) in [5.41, 5.74) is 0. The van der Waals surface area contributed by atoms with Gasteiger partial charge < -0.3 is 18.9 Å². The minimum Gasteiger partial charge on any atom is -0.359 e. The fourth-order valence-electron chi connectivity index (χ4n) is 0.806. The molecule has 88 valence electrons. The molecule has 0 saturated heterocycles. The Morgan fingerprint density at radius 3 is 1.43 bits per heavy atom. The first-order chi connectivity index (χ1) is 6.76. The normalized spacial score (nSPS) is 9.86. The van der Waals surface area contributed by atoms with Crippen LogP contribution in [0, 0.1) is 0 Å². The molecule has 4 nitrogen and oxygen atoms in total. The van der Waals surface area contributed by atoms with Gasteiger partial charge >= 0.3 is 0 Å². The number of ether oxygens (including phenoxy) is 4. The Kier molecular flexibility index (Phi) is 17.8. The maximum Gasteiger partial charge on any atom is 0.146 e. The molecule has 0 aromatic rings. The molecule has 0 bridgehead atoms. The second-order valence-electron chi connectivity index (χ2n) is 2.71. The van der Waals surface area contributed by atoms with Crippen molar-refractivity contribution < 1.29 is 18.9 Å². The molecule has 0 saturated carbocycles. The zero-order valence-electron chi connectivity index (χ0n) is 10.0. The van der Waals surface area contributed by atoms with Crippen LogP contribution in [0.3, 0.4) is 0 Å². The summed E-state index contributed by atoms with van der Waals surface area (Å²) < 4.78 is 19.0. The maximum atomic E-state index is 5.27. The highest BCUT2D eigenvalue weighted by molar-refractivity contribution is 4.48. The van der Waals surface area contributed by atoms with E-state index in [0.29, 0.717) is 19.7 Å². The molecule has 0 heterocycles. The Morgan fingerprint density at radius 1 is 0.786 bits per heavy atom. The van der Waals surface area contributed by atoms with Gasteiger partial charge in [0.05, 0.1) is 6.10 Å². The zero-order valence-corrected chi connectivity index (χ0v) is 10.0. The van der Waals surface area contributed by atoms with Crippen molar-refractivity contribution in [1.29, 1.82) is 0 Å². The molecule has 0 unspecified atom stereocenters. The molecule has 0 aliphatic carbocycles. The van der Waals surface area contributed by atoms with Gasteiger partial charge in [-0.2, -0.15) is 0 Å². The van der Waals surface area contributed by atoms with Crippen molar-refractivity contribution in [1.82, 2.24) is 0 Å². The quantitative estimate of drug-likeness (QED) is 0.600. The standard InChI is InChI=1S/C7H16O2.C3H8O2/c1-4-7(5-2)9-6-8-3;1-4-3-5-2/h7H,4-6H2,1-3H3;3H2,1-2H3. The smallest absolute Gasteiger partial charge is 0.146 e. The molecule has 0 aromatic heterocycles. The van der Waals surface area contributed by atoms with Crippen LogP contribution in [0.4, 0.5) is 0 Å². The lowest BCUT2D eigenvalue weighted by molar-refractivity contribution is -0.0733. The molecule has 14 heavy (non-hydrogen) atoms. The molecule has 0 fully saturated rings. The van der Waals surface area contributed by atoms with Crippen LogP contribution in [-0.4, -0.2) is 41.0 Å². The van der Waals surface area contributed by atoms with Gasteiger partial charge in [-0.25, -0.2) is 0 Å². The molecule has 0 aliphatic heterocycles. The van der Waals surface area contributed by atoms with E-state index in [2.05, 4.69) is 23.3 Å². The maximum absolute atomic E-state index is 5.27. The zero-order chi connectivity index (χ0) is 11.2. The first-order valence-electron chi connectivity index (χ1n) is 4.85. The molecular formula is C10H24O4. The molecule has 0 atom stereocenters. The summed E-state index contributed by atoms with van der Waals surface area (Å²) in [4.78, 5) is 0. The molecule has 0 radical (unpaired) electrons. The van der Waals surface area contributed by atoms with E-state index >= 15 is 0 Å². The van der Waals surface area contributed by atoms with Gasteiger partial charge in [-0.3, -0.25) is 0 Å². The average Bonchev–Trinajstić information content (AvgIpc) is 2.22. The number of methoxy groups -OCH3 is 3. The van der Waals surface area contributed by atoms with E-state index < -0.39 is 0 Å². The monoisotopic (exact) mass is 208 g/mol. The second-order valence-corrected chi connectivity index (χ2v) is 2.71. The topological polar surface area (TPSA) is 36.9 Å². The highest BCUT2D eigenvalue weighted by atomic mass is 16.7. The van der Waals surface area contributed by atoms with Gasteiger partial charge in [0.2, 0.25) is 0 Å². The van der Waals surface area contributed by atoms with Crippen LogP contribution >= 0.6 is 0 Å². The van der Waals surface area contributed by atoms with Crippen LogP contribution in [0.1, 0.15) is 26.7 Å². The third kappa shape index (κ3) is 14.4. The van der Waals surface area contributed by atoms with Crippen LogP contribution in [-0.2, 0) is 18.9 Å². The lowest BCUT2D eigenvalue weighted by Gasteiger charge is -2.11. The van der Waals surface area contributed by atoms with Gasteiger partial charge in [-0.05, 0) is 12.8 Å². The minimum absolute atomic E-state index is 0.380. The predicted molar refractivity (Wildman–Crippen MR) is 56.2 cm³/mol. The van der Waals surface area contributed by atoms with Crippen molar-refractivity contribution in [3.8, 4) is 0 Å². The van der Waals surface area contributed by atoms with E-state index in [1.54, 1.807) is 21.3 Å². The van der Waals surface area contributed by atoms with Crippen LogP contribution in [0.2, 0.25) is 0 Å². The SMILES string of the molecule is CCC(CC)OCOC.COCOC. The Balaban J connectivity index is 0. The third-order valence-electron chi connectivity index (χ3n) is 1.57. The van der Waals surface area contributed by atoms with Crippen LogP contribution in [0.25, 0.3) is 0 Å². The average molecular weight is 208 g/mol. The van der Waals surface area contributed by atoms with Gasteiger partial charge in [-0.1, -0.05) is 13.8 Å². The van der Waals surface area contributed by atoms with Crippen LogP contribution < -0.4 is 0 Å². The lowest BCUT2D eigenvalue weighted by atomic mass is 10.2. The fourth-order valence-corrected chi connectivity index (χ4v) is 0.806. The van der Waals surface area contributed by atoms with Crippen LogP contribution in [0.15, 0.2) is 0 Å². The van der Waals surface area contributed by atoms with Crippen molar-refractivity contribution in [2.45, 2.75) is 32.8 Å². The van der Waals surface area contributed by atoms with E-state index in [-0.39, 0.29) is 0 Å². The Morgan fingerprint density at radius 2 is 1.21 bits per heavy atom. The molecule has 0 rings (SSSR count). The van der Waals surface area contributed by atoms with E-state index in [1.165, 1.54) is 0 Å². The molecular weight excluding hydrogens is 184 g/mol. The second kappa shape index (κ2) is 15.3. The fraction of sp³-hybridized carbons (Fsp3) is 1.00. The molecule has 0 N–H and O–H groups in total. The van der Waals surface area contributed by atoms with E-state index in [0.717, 1.165) is 12.8 Å². The van der Waals surface area contributed by atoms with Gasteiger partial charge in [0.15, 0.2) is 0 Å². The molecule has 0 aliphatic rings. The summed E-state index contributed by atoms with van der Waals surface area (Å²) in [6.45, 7) is 5.04. The Bertz CT molecular complexity index is 82.2. The van der Waals surface area contributed by atoms with Gasteiger partial charge in [0.25, 0.3) is 0 Å². The molecule has 0 amide bonds. The van der Waals surface area contributed by atoms with Crippen LogP contribution in [0.5, 0.6) is 0 Å². The van der Waals surface area contributed by atoms with E-state index in [1.807, 2.05) is 0 Å². The minimum atomic E-state index is 0.380. The summed E-state index contributed by atoms with van der Waals surface area (Å²) in [6.07, 6.45) is 2.52. The summed E-state index contributed by atoms with van der Waals surface area (Å²) in [5, 5.41) is 0. The number of hydrogen-bond acceptors (Lipinski definition) is 4. The van der Waals surface area contributed by atoms with Gasteiger partial charge in [0, 0.05) is 21.3 Å². The van der Waals surface area contributed by atoms with Gasteiger partial charge in [0.1, 0.15) is 13.6 Å². The molecule has 0 aromatic carbocycles. The van der Waals surface area contributed by atoms with E-state index in [9.17, 15) is 0 Å². The summed E-state index contributed by atoms with van der Waals surface area (Å²) >= 11 is 0. The number of rotatable bonds is 7. The third-order valence-corrected chi connectivity index (χ3v) is 1.57. The Hall–Kier alpha value is -0.160. The summed E-state index contributed by atoms with van der Waals surface area (Å²) in [6, 6.07) is 0. The van der Waals surface area contributed by atoms with Crippen molar-refractivity contribution in [3.63, 3.8) is 0 Å². The first kappa shape index (κ1) is 16.3.